The summed E-state index contributed by atoms with van der Waals surface area (Å²) >= 11 is 0. The van der Waals surface area contributed by atoms with Crippen LogP contribution in [-0.2, 0) is 10.2 Å². The molecule has 30 heavy (non-hydrogen) atoms. The average molecular weight is 409 g/mol. The van der Waals surface area contributed by atoms with Crippen LogP contribution in [0.1, 0.15) is 48.7 Å². The Hall–Kier alpha value is -2.82. The summed E-state index contributed by atoms with van der Waals surface area (Å²) in [5, 5.41) is 0. The second-order valence-electron chi connectivity index (χ2n) is 8.93. The monoisotopic (exact) mass is 408 g/mol. The number of aryl methyl sites for hydroxylation is 1. The van der Waals surface area contributed by atoms with Gasteiger partial charge in [0, 0.05) is 31.7 Å². The van der Waals surface area contributed by atoms with Gasteiger partial charge in [0.25, 0.3) is 11.8 Å². The molecule has 0 bridgehead atoms. The van der Waals surface area contributed by atoms with E-state index in [1.54, 1.807) is 0 Å². The predicted molar refractivity (Wildman–Crippen MR) is 119 cm³/mol. The van der Waals surface area contributed by atoms with E-state index in [-0.39, 0.29) is 23.8 Å². The molecule has 160 valence electrons. The van der Waals surface area contributed by atoms with Gasteiger partial charge in [0.15, 0.2) is 6.61 Å². The van der Waals surface area contributed by atoms with Crippen molar-refractivity contribution in [3.63, 3.8) is 0 Å². The molecule has 2 aromatic carbocycles. The standard InChI is InChI=1S/C25H32N2O3/c1-19-11-12-22(21(17-19)25(2,3)4)30-18-23(28)26-13-8-14-27(16-15-26)24(29)20-9-6-5-7-10-20/h5-7,9-12,17H,8,13-16,18H2,1-4H3. The van der Waals surface area contributed by atoms with Gasteiger partial charge in [0.2, 0.25) is 0 Å². The van der Waals surface area contributed by atoms with Crippen molar-refractivity contribution >= 4 is 11.8 Å². The molecule has 1 fully saturated rings. The second-order valence-corrected chi connectivity index (χ2v) is 8.93. The minimum absolute atomic E-state index is 0.0127. The Bertz CT molecular complexity index is 887. The highest BCUT2D eigenvalue weighted by atomic mass is 16.5. The number of carbonyl (C=O) groups excluding carboxylic acids is 2. The highest BCUT2D eigenvalue weighted by Gasteiger charge is 2.24. The smallest absolute Gasteiger partial charge is 0.260 e. The quantitative estimate of drug-likeness (QED) is 0.767. The lowest BCUT2D eigenvalue weighted by molar-refractivity contribution is -0.133. The van der Waals surface area contributed by atoms with Crippen molar-refractivity contribution in [1.82, 2.24) is 9.80 Å². The molecule has 0 atom stereocenters. The average Bonchev–Trinajstić information content (AvgIpc) is 2.98. The van der Waals surface area contributed by atoms with Crippen LogP contribution < -0.4 is 4.74 Å². The summed E-state index contributed by atoms with van der Waals surface area (Å²) in [6, 6.07) is 15.4. The van der Waals surface area contributed by atoms with Crippen LogP contribution >= 0.6 is 0 Å². The molecule has 1 saturated heterocycles. The first-order valence-corrected chi connectivity index (χ1v) is 10.6. The SMILES string of the molecule is Cc1ccc(OCC(=O)N2CCCN(C(=O)c3ccccc3)CC2)c(C(C)(C)C)c1. The summed E-state index contributed by atoms with van der Waals surface area (Å²) in [5.74, 6) is 0.747. The molecule has 0 saturated carbocycles. The fourth-order valence-electron chi connectivity index (χ4n) is 3.72. The number of rotatable bonds is 4. The van der Waals surface area contributed by atoms with Crippen molar-refractivity contribution in [3.05, 3.63) is 65.2 Å². The van der Waals surface area contributed by atoms with Gasteiger partial charge in [-0.1, -0.05) is 56.7 Å². The van der Waals surface area contributed by atoms with E-state index < -0.39 is 0 Å². The number of carbonyl (C=O) groups is 2. The number of benzene rings is 2. The molecule has 5 heteroatoms. The molecule has 1 heterocycles. The molecule has 0 unspecified atom stereocenters. The van der Waals surface area contributed by atoms with Crippen molar-refractivity contribution in [3.8, 4) is 5.75 Å². The van der Waals surface area contributed by atoms with Crippen molar-refractivity contribution < 1.29 is 14.3 Å². The van der Waals surface area contributed by atoms with E-state index in [0.717, 1.165) is 17.7 Å². The lowest BCUT2D eigenvalue weighted by Crippen LogP contribution is -2.39. The highest BCUT2D eigenvalue weighted by molar-refractivity contribution is 5.94. The lowest BCUT2D eigenvalue weighted by Gasteiger charge is -2.25. The van der Waals surface area contributed by atoms with Gasteiger partial charge in [0.1, 0.15) is 5.75 Å². The zero-order valence-corrected chi connectivity index (χ0v) is 18.5. The highest BCUT2D eigenvalue weighted by Crippen LogP contribution is 2.32. The van der Waals surface area contributed by atoms with Gasteiger partial charge in [0.05, 0.1) is 0 Å². The maximum absolute atomic E-state index is 12.8. The summed E-state index contributed by atoms with van der Waals surface area (Å²) < 4.78 is 5.95. The second kappa shape index (κ2) is 9.33. The van der Waals surface area contributed by atoms with Gasteiger partial charge in [-0.15, -0.1) is 0 Å². The Morgan fingerprint density at radius 3 is 2.30 bits per heavy atom. The Balaban J connectivity index is 1.59. The third-order valence-electron chi connectivity index (χ3n) is 5.45. The van der Waals surface area contributed by atoms with Crippen LogP contribution in [0.4, 0.5) is 0 Å². The van der Waals surface area contributed by atoms with Crippen LogP contribution in [0.3, 0.4) is 0 Å². The summed E-state index contributed by atoms with van der Waals surface area (Å²) in [5.41, 5.74) is 2.90. The van der Waals surface area contributed by atoms with E-state index in [4.69, 9.17) is 4.74 Å². The molecular weight excluding hydrogens is 376 g/mol. The largest absolute Gasteiger partial charge is 0.483 e. The number of nitrogens with zero attached hydrogens (tertiary/aromatic N) is 2. The molecule has 2 amide bonds. The summed E-state index contributed by atoms with van der Waals surface area (Å²) in [4.78, 5) is 29.1. The Labute approximate surface area is 179 Å². The lowest BCUT2D eigenvalue weighted by atomic mass is 9.85. The molecular formula is C25H32N2O3. The normalized spacial score (nSPS) is 14.9. The van der Waals surface area contributed by atoms with Crippen LogP contribution in [0, 0.1) is 6.92 Å². The van der Waals surface area contributed by atoms with E-state index in [2.05, 4.69) is 33.8 Å². The van der Waals surface area contributed by atoms with E-state index in [9.17, 15) is 9.59 Å². The maximum atomic E-state index is 12.8. The van der Waals surface area contributed by atoms with Gasteiger partial charge in [-0.3, -0.25) is 9.59 Å². The molecule has 0 aromatic heterocycles. The van der Waals surface area contributed by atoms with Gasteiger partial charge in [-0.05, 0) is 42.5 Å². The molecule has 3 rings (SSSR count). The Morgan fingerprint density at radius 2 is 1.60 bits per heavy atom. The van der Waals surface area contributed by atoms with E-state index >= 15 is 0 Å². The molecule has 1 aliphatic rings. The molecule has 5 nitrogen and oxygen atoms in total. The topological polar surface area (TPSA) is 49.9 Å². The zero-order chi connectivity index (χ0) is 21.7. The number of ether oxygens (including phenoxy) is 1. The molecule has 2 aromatic rings. The predicted octanol–water partition coefficient (Wildman–Crippen LogP) is 4.05. The Kier molecular flexibility index (Phi) is 6.80. The third kappa shape index (κ3) is 5.41. The molecule has 0 spiro atoms. The van der Waals surface area contributed by atoms with E-state index in [1.165, 1.54) is 5.56 Å². The van der Waals surface area contributed by atoms with Gasteiger partial charge in [-0.2, -0.15) is 0 Å². The van der Waals surface area contributed by atoms with Crippen molar-refractivity contribution in [2.75, 3.05) is 32.8 Å². The fraction of sp³-hybridized carbons (Fsp3) is 0.440. The van der Waals surface area contributed by atoms with E-state index in [0.29, 0.717) is 31.7 Å². The first-order valence-electron chi connectivity index (χ1n) is 10.6. The van der Waals surface area contributed by atoms with Gasteiger partial charge in [-0.25, -0.2) is 0 Å². The zero-order valence-electron chi connectivity index (χ0n) is 18.5. The number of amides is 2. The minimum atomic E-state index is -0.0642. The first-order chi connectivity index (χ1) is 14.3. The number of hydrogen-bond acceptors (Lipinski definition) is 3. The summed E-state index contributed by atoms with van der Waals surface area (Å²) in [6.07, 6.45) is 0.766. The van der Waals surface area contributed by atoms with Crippen molar-refractivity contribution in [2.24, 2.45) is 0 Å². The van der Waals surface area contributed by atoms with Gasteiger partial charge >= 0.3 is 0 Å². The number of hydrogen-bond donors (Lipinski definition) is 0. The molecule has 0 aliphatic carbocycles. The van der Waals surface area contributed by atoms with Crippen LogP contribution in [0.2, 0.25) is 0 Å². The van der Waals surface area contributed by atoms with Crippen LogP contribution in [-0.4, -0.2) is 54.4 Å². The fourth-order valence-corrected chi connectivity index (χ4v) is 3.72. The van der Waals surface area contributed by atoms with Gasteiger partial charge < -0.3 is 14.5 Å². The third-order valence-corrected chi connectivity index (χ3v) is 5.45. The molecule has 0 N–H and O–H groups in total. The summed E-state index contributed by atoms with van der Waals surface area (Å²) in [7, 11) is 0. The van der Waals surface area contributed by atoms with Crippen LogP contribution in [0.5, 0.6) is 5.75 Å². The Morgan fingerprint density at radius 1 is 0.933 bits per heavy atom. The minimum Gasteiger partial charge on any atom is -0.483 e. The van der Waals surface area contributed by atoms with Crippen LogP contribution in [0.15, 0.2) is 48.5 Å². The summed E-state index contributed by atoms with van der Waals surface area (Å²) in [6.45, 7) is 10.9. The maximum Gasteiger partial charge on any atom is 0.260 e. The first kappa shape index (κ1) is 21.9. The molecule has 0 radical (unpaired) electrons. The van der Waals surface area contributed by atoms with E-state index in [1.807, 2.05) is 52.3 Å². The van der Waals surface area contributed by atoms with Crippen molar-refractivity contribution in [1.29, 1.82) is 0 Å². The van der Waals surface area contributed by atoms with Crippen LogP contribution in [0.25, 0.3) is 0 Å². The van der Waals surface area contributed by atoms with Crippen molar-refractivity contribution in [2.45, 2.75) is 39.5 Å². The molecule has 1 aliphatic heterocycles.